The summed E-state index contributed by atoms with van der Waals surface area (Å²) in [7, 11) is 1.52. The Balaban J connectivity index is 2.59. The van der Waals surface area contributed by atoms with Gasteiger partial charge in [0.1, 0.15) is 17.4 Å². The van der Waals surface area contributed by atoms with Crippen molar-refractivity contribution in [2.45, 2.75) is 0 Å². The first-order valence-corrected chi connectivity index (χ1v) is 5.01. The van der Waals surface area contributed by atoms with E-state index in [4.69, 9.17) is 10.5 Å². The lowest BCUT2D eigenvalue weighted by Gasteiger charge is -2.08. The van der Waals surface area contributed by atoms with Crippen molar-refractivity contribution < 1.29 is 13.5 Å². The molecular weight excluding hydrogens is 224 g/mol. The topological polar surface area (TPSA) is 35.2 Å². The molecule has 0 amide bonds. The second-order valence-electron chi connectivity index (χ2n) is 3.58. The van der Waals surface area contributed by atoms with Gasteiger partial charge in [0.15, 0.2) is 0 Å². The molecule has 0 heterocycles. The number of rotatable bonds is 2. The summed E-state index contributed by atoms with van der Waals surface area (Å²) in [6, 6.07) is 8.83. The summed E-state index contributed by atoms with van der Waals surface area (Å²) in [6.45, 7) is 0. The van der Waals surface area contributed by atoms with Crippen LogP contribution in [0.1, 0.15) is 0 Å². The molecule has 0 saturated heterocycles. The first-order chi connectivity index (χ1) is 8.11. The van der Waals surface area contributed by atoms with E-state index in [2.05, 4.69) is 0 Å². The second kappa shape index (κ2) is 4.41. The van der Waals surface area contributed by atoms with Crippen molar-refractivity contribution >= 4 is 5.69 Å². The lowest BCUT2D eigenvalue weighted by molar-refractivity contribution is 0.415. The standard InChI is InChI=1S/C13H11F2NO/c1-17-10-4-2-3-8(5-10)11-6-9(14)7-12(15)13(11)16/h2-7H,16H2,1H3. The number of ether oxygens (including phenoxy) is 1. The zero-order chi connectivity index (χ0) is 12.4. The number of hydrogen-bond donors (Lipinski definition) is 1. The van der Waals surface area contributed by atoms with Gasteiger partial charge in [-0.2, -0.15) is 0 Å². The average molecular weight is 235 g/mol. The summed E-state index contributed by atoms with van der Waals surface area (Å²) in [5, 5.41) is 0. The summed E-state index contributed by atoms with van der Waals surface area (Å²) in [5.41, 5.74) is 6.45. The van der Waals surface area contributed by atoms with Crippen LogP contribution in [0.3, 0.4) is 0 Å². The Kier molecular flexibility index (Phi) is 2.95. The molecule has 2 aromatic carbocycles. The monoisotopic (exact) mass is 235 g/mol. The van der Waals surface area contributed by atoms with Gasteiger partial charge in [0.05, 0.1) is 12.8 Å². The van der Waals surface area contributed by atoms with Crippen LogP contribution in [-0.4, -0.2) is 7.11 Å². The van der Waals surface area contributed by atoms with E-state index in [1.165, 1.54) is 13.2 Å². The molecule has 17 heavy (non-hydrogen) atoms. The predicted molar refractivity (Wildman–Crippen MR) is 62.8 cm³/mol. The van der Waals surface area contributed by atoms with Gasteiger partial charge in [-0.05, 0) is 23.8 Å². The number of anilines is 1. The first kappa shape index (κ1) is 11.4. The zero-order valence-corrected chi connectivity index (χ0v) is 9.21. The summed E-state index contributed by atoms with van der Waals surface area (Å²) < 4.78 is 31.5. The lowest BCUT2D eigenvalue weighted by Crippen LogP contribution is -1.96. The number of hydrogen-bond acceptors (Lipinski definition) is 2. The van der Waals surface area contributed by atoms with Crippen LogP contribution in [0.25, 0.3) is 11.1 Å². The van der Waals surface area contributed by atoms with Crippen molar-refractivity contribution in [3.63, 3.8) is 0 Å². The van der Waals surface area contributed by atoms with E-state index in [1.807, 2.05) is 0 Å². The average Bonchev–Trinajstić information content (AvgIpc) is 2.34. The Morgan fingerprint density at radius 3 is 2.59 bits per heavy atom. The minimum absolute atomic E-state index is 0.0698. The number of halogens is 2. The van der Waals surface area contributed by atoms with Crippen LogP contribution < -0.4 is 10.5 Å². The molecule has 0 saturated carbocycles. The number of nitrogens with two attached hydrogens (primary N) is 1. The van der Waals surface area contributed by atoms with Crippen molar-refractivity contribution in [3.8, 4) is 16.9 Å². The van der Waals surface area contributed by atoms with Gasteiger partial charge in [0, 0.05) is 11.6 Å². The van der Waals surface area contributed by atoms with Gasteiger partial charge >= 0.3 is 0 Å². The maximum absolute atomic E-state index is 13.3. The number of nitrogen functional groups attached to an aromatic ring is 1. The minimum atomic E-state index is -0.761. The third kappa shape index (κ3) is 2.20. The Bertz CT molecular complexity index is 555. The van der Waals surface area contributed by atoms with Crippen molar-refractivity contribution in [1.82, 2.24) is 0 Å². The highest BCUT2D eigenvalue weighted by Crippen LogP contribution is 2.31. The molecule has 0 bridgehead atoms. The highest BCUT2D eigenvalue weighted by Gasteiger charge is 2.10. The molecule has 0 aliphatic carbocycles. The Morgan fingerprint density at radius 2 is 1.88 bits per heavy atom. The Morgan fingerprint density at radius 1 is 1.12 bits per heavy atom. The van der Waals surface area contributed by atoms with Crippen LogP contribution in [-0.2, 0) is 0 Å². The SMILES string of the molecule is COc1cccc(-c2cc(F)cc(F)c2N)c1. The third-order valence-corrected chi connectivity index (χ3v) is 2.48. The maximum Gasteiger partial charge on any atom is 0.149 e. The molecule has 2 nitrogen and oxygen atoms in total. The molecule has 2 rings (SSSR count). The summed E-state index contributed by atoms with van der Waals surface area (Å²) >= 11 is 0. The molecule has 0 aliphatic rings. The smallest absolute Gasteiger partial charge is 0.149 e. The van der Waals surface area contributed by atoms with Gasteiger partial charge < -0.3 is 10.5 Å². The van der Waals surface area contributed by atoms with Crippen LogP contribution >= 0.6 is 0 Å². The molecule has 4 heteroatoms. The van der Waals surface area contributed by atoms with Gasteiger partial charge in [-0.15, -0.1) is 0 Å². The molecular formula is C13H11F2NO. The predicted octanol–water partition coefficient (Wildman–Crippen LogP) is 3.22. The van der Waals surface area contributed by atoms with Crippen molar-refractivity contribution in [2.75, 3.05) is 12.8 Å². The Hall–Kier alpha value is -2.10. The molecule has 0 unspecified atom stereocenters. The van der Waals surface area contributed by atoms with Gasteiger partial charge in [-0.1, -0.05) is 12.1 Å². The minimum Gasteiger partial charge on any atom is -0.497 e. The lowest BCUT2D eigenvalue weighted by atomic mass is 10.0. The zero-order valence-electron chi connectivity index (χ0n) is 9.21. The highest BCUT2D eigenvalue weighted by molar-refractivity contribution is 5.77. The van der Waals surface area contributed by atoms with Crippen LogP contribution in [0.5, 0.6) is 5.75 Å². The molecule has 0 spiro atoms. The Labute approximate surface area is 97.6 Å². The second-order valence-corrected chi connectivity index (χ2v) is 3.58. The van der Waals surface area contributed by atoms with E-state index in [9.17, 15) is 8.78 Å². The maximum atomic E-state index is 13.3. The highest BCUT2D eigenvalue weighted by atomic mass is 19.1. The largest absolute Gasteiger partial charge is 0.497 e. The fourth-order valence-electron chi connectivity index (χ4n) is 1.61. The van der Waals surface area contributed by atoms with Crippen LogP contribution in [0.4, 0.5) is 14.5 Å². The summed E-state index contributed by atoms with van der Waals surface area (Å²) in [5.74, 6) is -0.816. The molecule has 2 aromatic rings. The van der Waals surface area contributed by atoms with Gasteiger partial charge in [0.2, 0.25) is 0 Å². The number of benzene rings is 2. The molecule has 88 valence electrons. The normalized spacial score (nSPS) is 10.3. The van der Waals surface area contributed by atoms with E-state index in [0.29, 0.717) is 16.9 Å². The van der Waals surface area contributed by atoms with Crippen LogP contribution in [0, 0.1) is 11.6 Å². The van der Waals surface area contributed by atoms with Crippen LogP contribution in [0.2, 0.25) is 0 Å². The molecule has 0 aliphatic heterocycles. The number of methoxy groups -OCH3 is 1. The van der Waals surface area contributed by atoms with Gasteiger partial charge in [-0.3, -0.25) is 0 Å². The van der Waals surface area contributed by atoms with E-state index in [0.717, 1.165) is 6.07 Å². The third-order valence-electron chi connectivity index (χ3n) is 2.48. The summed E-state index contributed by atoms with van der Waals surface area (Å²) in [6.07, 6.45) is 0. The van der Waals surface area contributed by atoms with E-state index < -0.39 is 11.6 Å². The van der Waals surface area contributed by atoms with Crippen molar-refractivity contribution in [3.05, 3.63) is 48.0 Å². The molecule has 2 N–H and O–H groups in total. The first-order valence-electron chi connectivity index (χ1n) is 5.01. The summed E-state index contributed by atoms with van der Waals surface area (Å²) in [4.78, 5) is 0. The quantitative estimate of drug-likeness (QED) is 0.811. The van der Waals surface area contributed by atoms with E-state index in [-0.39, 0.29) is 5.69 Å². The van der Waals surface area contributed by atoms with Crippen molar-refractivity contribution in [1.29, 1.82) is 0 Å². The van der Waals surface area contributed by atoms with E-state index >= 15 is 0 Å². The van der Waals surface area contributed by atoms with Gasteiger partial charge in [0.25, 0.3) is 0 Å². The van der Waals surface area contributed by atoms with Crippen molar-refractivity contribution in [2.24, 2.45) is 0 Å². The fourth-order valence-corrected chi connectivity index (χ4v) is 1.61. The fraction of sp³-hybridized carbons (Fsp3) is 0.0769. The molecule has 0 radical (unpaired) electrons. The van der Waals surface area contributed by atoms with Gasteiger partial charge in [-0.25, -0.2) is 8.78 Å². The molecule has 0 atom stereocenters. The van der Waals surface area contributed by atoms with E-state index in [1.54, 1.807) is 24.3 Å². The molecule has 0 fully saturated rings. The van der Waals surface area contributed by atoms with Crippen LogP contribution in [0.15, 0.2) is 36.4 Å². The molecule has 0 aromatic heterocycles.